The zero-order chi connectivity index (χ0) is 18.1. The van der Waals surface area contributed by atoms with Gasteiger partial charge in [0.15, 0.2) is 5.11 Å². The van der Waals surface area contributed by atoms with Crippen molar-refractivity contribution in [3.05, 3.63) is 28.2 Å². The van der Waals surface area contributed by atoms with Gasteiger partial charge in [-0.05, 0) is 65.8 Å². The van der Waals surface area contributed by atoms with Gasteiger partial charge in [0.05, 0.1) is 30.0 Å². The van der Waals surface area contributed by atoms with E-state index in [2.05, 4.69) is 36.7 Å². The summed E-state index contributed by atoms with van der Waals surface area (Å²) in [6.07, 6.45) is 1.86. The number of hydrogen-bond acceptors (Lipinski definition) is 5. The molecule has 1 aliphatic heterocycles. The van der Waals surface area contributed by atoms with Crippen LogP contribution >= 0.6 is 28.1 Å². The molecule has 1 heterocycles. The number of halogens is 1. The van der Waals surface area contributed by atoms with E-state index in [1.807, 2.05) is 32.0 Å². The molecule has 0 aromatic heterocycles. The van der Waals surface area contributed by atoms with Gasteiger partial charge in [-0.15, -0.1) is 0 Å². The largest absolute Gasteiger partial charge is 0.490 e. The molecule has 0 radical (unpaired) electrons. The normalized spacial score (nSPS) is 15.5. The van der Waals surface area contributed by atoms with Crippen LogP contribution < -0.4 is 15.5 Å². The Hall–Kier alpha value is -1.22. The number of rotatable bonds is 7. The van der Waals surface area contributed by atoms with Crippen LogP contribution in [0.3, 0.4) is 0 Å². The second-order valence-corrected chi connectivity index (χ2v) is 7.20. The van der Waals surface area contributed by atoms with Crippen molar-refractivity contribution in [1.82, 2.24) is 15.6 Å². The summed E-state index contributed by atoms with van der Waals surface area (Å²) in [5.74, 6) is 0.820. The molecule has 25 heavy (non-hydrogen) atoms. The lowest BCUT2D eigenvalue weighted by atomic mass is 10.2. The van der Waals surface area contributed by atoms with Crippen LogP contribution in [-0.2, 0) is 4.74 Å². The van der Waals surface area contributed by atoms with Gasteiger partial charge in [-0.25, -0.2) is 0 Å². The lowest BCUT2D eigenvalue weighted by Crippen LogP contribution is -2.42. The average molecular weight is 429 g/mol. The Kier molecular flexibility index (Phi) is 8.60. The standard InChI is InChI=1S/C17H25BrN4O2S/c1-13(2)24-16-4-3-14(11-15(16)18)12-20-21-17(25)19-5-6-22-7-9-23-10-8-22/h3-4,11-13H,5-10H2,1-2H3,(H2,19,21,25)/b20-12+. The van der Waals surface area contributed by atoms with E-state index in [-0.39, 0.29) is 6.10 Å². The van der Waals surface area contributed by atoms with E-state index >= 15 is 0 Å². The van der Waals surface area contributed by atoms with Gasteiger partial charge in [0.1, 0.15) is 5.75 Å². The van der Waals surface area contributed by atoms with Crippen LogP contribution in [0, 0.1) is 0 Å². The number of morpholine rings is 1. The predicted octanol–water partition coefficient (Wildman–Crippen LogP) is 2.37. The Morgan fingerprint density at radius 3 is 2.88 bits per heavy atom. The minimum Gasteiger partial charge on any atom is -0.490 e. The highest BCUT2D eigenvalue weighted by Crippen LogP contribution is 2.26. The summed E-state index contributed by atoms with van der Waals surface area (Å²) < 4.78 is 11.9. The van der Waals surface area contributed by atoms with Gasteiger partial charge in [-0.2, -0.15) is 5.10 Å². The third kappa shape index (κ3) is 7.68. The molecule has 0 amide bonds. The number of benzene rings is 1. The first kappa shape index (κ1) is 20.1. The molecule has 0 atom stereocenters. The maximum Gasteiger partial charge on any atom is 0.187 e. The summed E-state index contributed by atoms with van der Waals surface area (Å²) in [6, 6.07) is 5.82. The Labute approximate surface area is 163 Å². The number of ether oxygens (including phenoxy) is 2. The van der Waals surface area contributed by atoms with E-state index in [1.165, 1.54) is 0 Å². The molecule has 2 rings (SSSR count). The third-order valence-electron chi connectivity index (χ3n) is 3.52. The van der Waals surface area contributed by atoms with Gasteiger partial charge in [0, 0.05) is 26.2 Å². The first-order valence-electron chi connectivity index (χ1n) is 8.38. The summed E-state index contributed by atoms with van der Waals surface area (Å²) in [4.78, 5) is 2.35. The predicted molar refractivity (Wildman–Crippen MR) is 108 cm³/mol. The first-order chi connectivity index (χ1) is 12.0. The molecule has 0 unspecified atom stereocenters. The molecule has 1 aromatic carbocycles. The number of thiocarbonyl (C=S) groups is 1. The van der Waals surface area contributed by atoms with E-state index in [0.29, 0.717) is 5.11 Å². The fraction of sp³-hybridized carbons (Fsp3) is 0.529. The summed E-state index contributed by atoms with van der Waals surface area (Å²) >= 11 is 8.73. The fourth-order valence-electron chi connectivity index (χ4n) is 2.30. The van der Waals surface area contributed by atoms with E-state index < -0.39 is 0 Å². The summed E-state index contributed by atoms with van der Waals surface area (Å²) in [5.41, 5.74) is 3.79. The van der Waals surface area contributed by atoms with Gasteiger partial charge in [0.25, 0.3) is 0 Å². The fourth-order valence-corrected chi connectivity index (χ4v) is 2.95. The molecule has 6 nitrogen and oxygen atoms in total. The smallest absolute Gasteiger partial charge is 0.187 e. The van der Waals surface area contributed by atoms with Crippen molar-refractivity contribution in [2.24, 2.45) is 5.10 Å². The van der Waals surface area contributed by atoms with Crippen LogP contribution in [0.15, 0.2) is 27.8 Å². The minimum absolute atomic E-state index is 0.137. The zero-order valence-corrected chi connectivity index (χ0v) is 17.0. The molecule has 0 spiro atoms. The highest BCUT2D eigenvalue weighted by atomic mass is 79.9. The Balaban J connectivity index is 1.70. The van der Waals surface area contributed by atoms with Crippen LogP contribution in [-0.4, -0.2) is 61.7 Å². The van der Waals surface area contributed by atoms with Crippen LogP contribution in [0.1, 0.15) is 19.4 Å². The Bertz CT molecular complexity index is 592. The van der Waals surface area contributed by atoms with Gasteiger partial charge >= 0.3 is 0 Å². The lowest BCUT2D eigenvalue weighted by molar-refractivity contribution is 0.0389. The highest BCUT2D eigenvalue weighted by Gasteiger charge is 2.09. The van der Waals surface area contributed by atoms with Crippen molar-refractivity contribution in [1.29, 1.82) is 0 Å². The molecule has 0 saturated carbocycles. The third-order valence-corrected chi connectivity index (χ3v) is 4.37. The van der Waals surface area contributed by atoms with E-state index in [9.17, 15) is 0 Å². The molecular formula is C17H25BrN4O2S. The summed E-state index contributed by atoms with van der Waals surface area (Å²) in [6.45, 7) is 9.30. The number of nitrogens with one attached hydrogen (secondary N) is 2. The number of nitrogens with zero attached hydrogens (tertiary/aromatic N) is 2. The lowest BCUT2D eigenvalue weighted by Gasteiger charge is -2.26. The molecular weight excluding hydrogens is 404 g/mol. The summed E-state index contributed by atoms with van der Waals surface area (Å²) in [5, 5.41) is 7.83. The van der Waals surface area contributed by atoms with Crippen molar-refractivity contribution in [2.75, 3.05) is 39.4 Å². The van der Waals surface area contributed by atoms with E-state index in [1.54, 1.807) is 6.21 Å². The molecule has 0 bridgehead atoms. The van der Waals surface area contributed by atoms with Crippen LogP contribution in [0.5, 0.6) is 5.75 Å². The van der Waals surface area contributed by atoms with Crippen molar-refractivity contribution < 1.29 is 9.47 Å². The van der Waals surface area contributed by atoms with Crippen molar-refractivity contribution in [3.8, 4) is 5.75 Å². The topological polar surface area (TPSA) is 58.1 Å². The molecule has 1 fully saturated rings. The van der Waals surface area contributed by atoms with Gasteiger partial charge < -0.3 is 14.8 Å². The van der Waals surface area contributed by atoms with Gasteiger partial charge in [-0.1, -0.05) is 0 Å². The van der Waals surface area contributed by atoms with Crippen molar-refractivity contribution in [2.45, 2.75) is 20.0 Å². The van der Waals surface area contributed by atoms with E-state index in [0.717, 1.165) is 55.2 Å². The second-order valence-electron chi connectivity index (χ2n) is 5.94. The van der Waals surface area contributed by atoms with Crippen LogP contribution in [0.25, 0.3) is 0 Å². The molecule has 2 N–H and O–H groups in total. The Morgan fingerprint density at radius 2 is 2.20 bits per heavy atom. The quantitative estimate of drug-likeness (QED) is 0.394. The van der Waals surface area contributed by atoms with Crippen LogP contribution in [0.4, 0.5) is 0 Å². The van der Waals surface area contributed by atoms with Crippen LogP contribution in [0.2, 0.25) is 0 Å². The monoisotopic (exact) mass is 428 g/mol. The molecule has 0 aliphatic carbocycles. The average Bonchev–Trinajstić information content (AvgIpc) is 2.58. The maximum atomic E-state index is 5.69. The molecule has 138 valence electrons. The zero-order valence-electron chi connectivity index (χ0n) is 14.6. The minimum atomic E-state index is 0.137. The van der Waals surface area contributed by atoms with Gasteiger partial charge in [0.2, 0.25) is 0 Å². The highest BCUT2D eigenvalue weighted by molar-refractivity contribution is 9.10. The molecule has 1 aliphatic rings. The van der Waals surface area contributed by atoms with E-state index in [4.69, 9.17) is 21.7 Å². The molecule has 1 saturated heterocycles. The Morgan fingerprint density at radius 1 is 1.44 bits per heavy atom. The maximum absolute atomic E-state index is 5.69. The number of hydrogen-bond donors (Lipinski definition) is 2. The first-order valence-corrected chi connectivity index (χ1v) is 9.58. The molecule has 8 heteroatoms. The van der Waals surface area contributed by atoms with Crippen molar-refractivity contribution >= 4 is 39.5 Å². The number of hydrazone groups is 1. The second kappa shape index (κ2) is 10.7. The molecule has 1 aromatic rings. The van der Waals surface area contributed by atoms with Gasteiger partial charge in [-0.3, -0.25) is 10.3 Å². The van der Waals surface area contributed by atoms with Crippen molar-refractivity contribution in [3.63, 3.8) is 0 Å². The SMILES string of the molecule is CC(C)Oc1ccc(/C=N/NC(=S)NCCN2CCOCC2)cc1Br. The summed E-state index contributed by atoms with van der Waals surface area (Å²) in [7, 11) is 0.